The minimum absolute atomic E-state index is 0.632. The van der Waals surface area contributed by atoms with Crippen molar-refractivity contribution in [2.75, 3.05) is 19.6 Å². The van der Waals surface area contributed by atoms with Gasteiger partial charge in [0.1, 0.15) is 17.2 Å². The third kappa shape index (κ3) is 4.06. The largest absolute Gasteiger partial charge is 0.493 e. The van der Waals surface area contributed by atoms with E-state index in [2.05, 4.69) is 30.3 Å². The number of aromatic nitrogens is 1. The number of nitrogens with one attached hydrogen (secondary N) is 1. The van der Waals surface area contributed by atoms with Gasteiger partial charge in [-0.3, -0.25) is 5.43 Å². The van der Waals surface area contributed by atoms with Crippen LogP contribution in [0.5, 0.6) is 11.5 Å². The van der Waals surface area contributed by atoms with Crippen LogP contribution in [0.25, 0.3) is 33.2 Å². The highest BCUT2D eigenvalue weighted by Crippen LogP contribution is 2.33. The molecule has 0 bridgehead atoms. The van der Waals surface area contributed by atoms with Crippen molar-refractivity contribution in [1.29, 1.82) is 0 Å². The fourth-order valence-electron chi connectivity index (χ4n) is 4.15. The number of hydrogen-bond acceptors (Lipinski definition) is 6. The second kappa shape index (κ2) is 8.90. The summed E-state index contributed by atoms with van der Waals surface area (Å²) in [6.45, 7) is 4.12. The number of rotatable bonds is 5. The zero-order chi connectivity index (χ0) is 23.7. The number of methoxy groups -OCH3 is 2. The first-order valence-electron chi connectivity index (χ1n) is 11.0. The first-order chi connectivity index (χ1) is 16.6. The summed E-state index contributed by atoms with van der Waals surface area (Å²) >= 11 is 0. The lowest BCUT2D eigenvalue weighted by Gasteiger charge is -2.11. The lowest BCUT2D eigenvalue weighted by atomic mass is 10.0. The van der Waals surface area contributed by atoms with Crippen LogP contribution in [0.15, 0.2) is 82.3 Å². The van der Waals surface area contributed by atoms with Crippen LogP contribution in [-0.4, -0.2) is 19.2 Å². The van der Waals surface area contributed by atoms with E-state index in [0.29, 0.717) is 23.1 Å². The molecule has 3 aromatic carbocycles. The quantitative estimate of drug-likeness (QED) is 0.322. The lowest BCUT2D eigenvalue weighted by molar-refractivity contribution is 0.355. The van der Waals surface area contributed by atoms with E-state index in [1.807, 2.05) is 66.7 Å². The van der Waals surface area contributed by atoms with E-state index in [0.717, 1.165) is 43.9 Å². The smallest absolute Gasteiger partial charge is 0.161 e. The Kier molecular flexibility index (Phi) is 5.64. The predicted molar refractivity (Wildman–Crippen MR) is 135 cm³/mol. The van der Waals surface area contributed by atoms with Gasteiger partial charge in [-0.2, -0.15) is 5.10 Å². The van der Waals surface area contributed by atoms with Crippen molar-refractivity contribution >= 4 is 27.7 Å². The molecule has 0 amide bonds. The number of pyridine rings is 1. The zero-order valence-electron chi connectivity index (χ0n) is 19.5. The summed E-state index contributed by atoms with van der Waals surface area (Å²) in [6.07, 6.45) is 0. The Morgan fingerprint density at radius 1 is 0.853 bits per heavy atom. The molecule has 5 aromatic rings. The van der Waals surface area contributed by atoms with Gasteiger partial charge in [0.25, 0.3) is 0 Å². The van der Waals surface area contributed by atoms with Crippen molar-refractivity contribution in [3.63, 3.8) is 0 Å². The average molecular weight is 452 g/mol. The van der Waals surface area contributed by atoms with Crippen LogP contribution in [0.2, 0.25) is 0 Å². The first-order valence-corrected chi connectivity index (χ1v) is 11.0. The molecule has 0 aliphatic heterocycles. The highest BCUT2D eigenvalue weighted by atomic mass is 16.5. The second-order valence-corrected chi connectivity index (χ2v) is 8.13. The molecule has 0 radical (unpaired) electrons. The van der Waals surface area contributed by atoms with Gasteiger partial charge in [-0.05, 0) is 67.4 Å². The molecule has 0 aliphatic rings. The van der Waals surface area contributed by atoms with Gasteiger partial charge in [0.15, 0.2) is 11.5 Å². The second-order valence-electron chi connectivity index (χ2n) is 8.13. The van der Waals surface area contributed by atoms with Crippen molar-refractivity contribution in [3.05, 3.63) is 89.3 Å². The summed E-state index contributed by atoms with van der Waals surface area (Å²) < 4.78 is 17.2. The molecule has 0 unspecified atom stereocenters. The van der Waals surface area contributed by atoms with Gasteiger partial charge in [0, 0.05) is 22.4 Å². The molecular formula is C28H25N3O3. The fraction of sp³-hybridized carbons (Fsp3) is 0.143. The third-order valence-corrected chi connectivity index (χ3v) is 5.74. The Labute approximate surface area is 197 Å². The monoisotopic (exact) mass is 451 g/mol. The van der Waals surface area contributed by atoms with Crippen LogP contribution in [0.3, 0.4) is 0 Å². The Balaban J connectivity index is 1.66. The minimum Gasteiger partial charge on any atom is -0.493 e. The molecule has 0 aliphatic carbocycles. The Bertz CT molecular complexity index is 1590. The van der Waals surface area contributed by atoms with Crippen molar-refractivity contribution in [1.82, 2.24) is 4.98 Å². The number of nitrogens with zero attached hydrogens (tertiary/aromatic N) is 2. The fourth-order valence-corrected chi connectivity index (χ4v) is 4.15. The van der Waals surface area contributed by atoms with Crippen LogP contribution in [0.4, 0.5) is 5.82 Å². The van der Waals surface area contributed by atoms with Crippen LogP contribution in [0.1, 0.15) is 11.1 Å². The molecule has 0 saturated carbocycles. The number of fused-ring (bicyclic) bond motifs is 2. The Morgan fingerprint density at radius 3 is 2.50 bits per heavy atom. The van der Waals surface area contributed by atoms with E-state index in [9.17, 15) is 0 Å². The summed E-state index contributed by atoms with van der Waals surface area (Å²) in [6, 6.07) is 23.7. The van der Waals surface area contributed by atoms with Gasteiger partial charge < -0.3 is 13.9 Å². The number of para-hydroxylation sites is 1. The molecule has 6 nitrogen and oxygen atoms in total. The van der Waals surface area contributed by atoms with Gasteiger partial charge in [-0.15, -0.1) is 0 Å². The molecule has 2 heterocycles. The summed E-state index contributed by atoms with van der Waals surface area (Å²) in [7, 11) is 3.24. The van der Waals surface area contributed by atoms with Gasteiger partial charge in [0.2, 0.25) is 0 Å². The third-order valence-electron chi connectivity index (χ3n) is 5.74. The molecule has 0 atom stereocenters. The first kappa shape index (κ1) is 21.5. The average Bonchev–Trinajstić information content (AvgIpc) is 2.86. The molecule has 0 spiro atoms. The zero-order valence-corrected chi connectivity index (χ0v) is 19.5. The van der Waals surface area contributed by atoms with Crippen molar-refractivity contribution in [2.45, 2.75) is 13.8 Å². The number of ether oxygens (including phenoxy) is 2. The molecule has 0 fully saturated rings. The number of hydrogen-bond donors (Lipinski definition) is 1. The molecule has 6 heteroatoms. The Hall–Kier alpha value is -4.32. The van der Waals surface area contributed by atoms with Crippen LogP contribution >= 0.6 is 0 Å². The normalized spacial score (nSPS) is 11.7. The van der Waals surface area contributed by atoms with Crippen molar-refractivity contribution in [2.24, 2.45) is 5.10 Å². The topological polar surface area (TPSA) is 68.9 Å². The lowest BCUT2D eigenvalue weighted by Crippen LogP contribution is -2.09. The molecule has 2 aromatic heterocycles. The van der Waals surface area contributed by atoms with E-state index in [1.54, 1.807) is 14.2 Å². The van der Waals surface area contributed by atoms with Gasteiger partial charge in [-0.1, -0.05) is 24.3 Å². The molecule has 170 valence electrons. The van der Waals surface area contributed by atoms with Crippen LogP contribution in [0, 0.1) is 13.8 Å². The van der Waals surface area contributed by atoms with E-state index in [4.69, 9.17) is 19.0 Å². The van der Waals surface area contributed by atoms with Crippen LogP contribution < -0.4 is 20.3 Å². The van der Waals surface area contributed by atoms with Crippen LogP contribution in [-0.2, 0) is 0 Å². The van der Waals surface area contributed by atoms with Crippen molar-refractivity contribution < 1.29 is 13.9 Å². The SMILES string of the molecule is COc1ccc(-c2c/c(=N\Nc3ccc4ccccc4n3)c3c(C)cc(C)cc3o2)cc1OC. The molecular weight excluding hydrogens is 426 g/mol. The highest BCUT2D eigenvalue weighted by Gasteiger charge is 2.12. The van der Waals surface area contributed by atoms with Crippen molar-refractivity contribution in [3.8, 4) is 22.8 Å². The standard InChI is InChI=1S/C28H25N3O3/c1-17-13-18(2)28-22(30-31-27-12-10-19-7-5-6-8-21(19)29-27)16-24(34-26(28)14-17)20-9-11-23(32-3)25(15-20)33-4/h5-16H,1-4H3,(H,29,31)/b30-22+. The van der Waals surface area contributed by atoms with E-state index < -0.39 is 0 Å². The van der Waals surface area contributed by atoms with E-state index in [1.165, 1.54) is 0 Å². The molecule has 5 rings (SSSR count). The maximum Gasteiger partial charge on any atom is 0.161 e. The molecule has 0 saturated heterocycles. The van der Waals surface area contributed by atoms with Gasteiger partial charge >= 0.3 is 0 Å². The number of benzene rings is 3. The van der Waals surface area contributed by atoms with Gasteiger partial charge in [0.05, 0.1) is 25.1 Å². The summed E-state index contributed by atoms with van der Waals surface area (Å²) in [4.78, 5) is 4.67. The highest BCUT2D eigenvalue weighted by molar-refractivity contribution is 5.83. The summed E-state index contributed by atoms with van der Waals surface area (Å²) in [5.41, 5.74) is 7.87. The Morgan fingerprint density at radius 2 is 1.68 bits per heavy atom. The predicted octanol–water partition coefficient (Wildman–Crippen LogP) is 6.21. The number of anilines is 1. The maximum atomic E-state index is 6.33. The maximum absolute atomic E-state index is 6.33. The minimum atomic E-state index is 0.632. The molecule has 34 heavy (non-hydrogen) atoms. The summed E-state index contributed by atoms with van der Waals surface area (Å²) in [5.74, 6) is 2.64. The molecule has 1 N–H and O–H groups in total. The summed E-state index contributed by atoms with van der Waals surface area (Å²) in [5, 5.41) is 7.53. The van der Waals surface area contributed by atoms with E-state index >= 15 is 0 Å². The van der Waals surface area contributed by atoms with E-state index in [-0.39, 0.29) is 0 Å². The number of aryl methyl sites for hydroxylation is 2. The van der Waals surface area contributed by atoms with Gasteiger partial charge in [-0.25, -0.2) is 4.98 Å².